The van der Waals surface area contributed by atoms with E-state index in [1.54, 1.807) is 30.3 Å². The molecule has 2 amide bonds. The van der Waals surface area contributed by atoms with Gasteiger partial charge in [-0.25, -0.2) is 4.39 Å². The molecule has 1 saturated heterocycles. The molecule has 39 heavy (non-hydrogen) atoms. The number of piperidine rings is 1. The van der Waals surface area contributed by atoms with Crippen molar-refractivity contribution in [3.63, 3.8) is 0 Å². The van der Waals surface area contributed by atoms with Crippen molar-refractivity contribution in [1.29, 1.82) is 0 Å². The summed E-state index contributed by atoms with van der Waals surface area (Å²) in [4.78, 5) is 28.7. The fourth-order valence-corrected chi connectivity index (χ4v) is 4.85. The number of hydrogen-bond acceptors (Lipinski definition) is 3. The second kappa shape index (κ2) is 11.9. The minimum Gasteiger partial charge on any atom is -0.371 e. The molecule has 1 fully saturated rings. The smallest absolute Gasteiger partial charge is 0.255 e. The fraction of sp³-hybridized carbons (Fsp3) is 0.212. The van der Waals surface area contributed by atoms with Crippen molar-refractivity contribution in [3.8, 4) is 11.1 Å². The number of nitrogens with one attached hydrogen (secondary N) is 2. The van der Waals surface area contributed by atoms with Crippen molar-refractivity contribution >= 4 is 23.2 Å². The average molecular weight is 522 g/mol. The fourth-order valence-electron chi connectivity index (χ4n) is 4.85. The lowest BCUT2D eigenvalue weighted by Crippen LogP contribution is -2.35. The number of hydrogen-bond donors (Lipinski definition) is 2. The molecule has 0 aliphatic carbocycles. The second-order valence-electron chi connectivity index (χ2n) is 10.1. The van der Waals surface area contributed by atoms with Crippen molar-refractivity contribution < 1.29 is 14.0 Å². The Balaban J connectivity index is 1.34. The van der Waals surface area contributed by atoms with Crippen molar-refractivity contribution in [2.45, 2.75) is 26.3 Å². The first-order valence-electron chi connectivity index (χ1n) is 13.3. The van der Waals surface area contributed by atoms with Crippen molar-refractivity contribution in [2.75, 3.05) is 23.3 Å². The maximum absolute atomic E-state index is 13.4. The number of rotatable bonds is 7. The minimum atomic E-state index is -0.315. The van der Waals surface area contributed by atoms with Crippen LogP contribution in [0.4, 0.5) is 15.8 Å². The number of carbonyl (C=O) groups is 2. The van der Waals surface area contributed by atoms with Crippen molar-refractivity contribution in [1.82, 2.24) is 5.32 Å². The van der Waals surface area contributed by atoms with E-state index < -0.39 is 0 Å². The van der Waals surface area contributed by atoms with Crippen LogP contribution >= 0.6 is 0 Å². The molecular weight excluding hydrogens is 489 g/mol. The Kier molecular flexibility index (Phi) is 8.02. The lowest BCUT2D eigenvalue weighted by Gasteiger charge is -2.33. The number of benzene rings is 4. The van der Waals surface area contributed by atoms with E-state index in [0.29, 0.717) is 22.7 Å². The van der Waals surface area contributed by atoms with Crippen LogP contribution in [0.3, 0.4) is 0 Å². The lowest BCUT2D eigenvalue weighted by atomic mass is 9.97. The van der Waals surface area contributed by atoms with E-state index in [4.69, 9.17) is 0 Å². The third-order valence-corrected chi connectivity index (χ3v) is 7.24. The number of halogens is 1. The molecule has 0 bridgehead atoms. The number of amides is 2. The summed E-state index contributed by atoms with van der Waals surface area (Å²) in [6.45, 7) is 4.27. The van der Waals surface area contributed by atoms with Crippen LogP contribution in [0.2, 0.25) is 0 Å². The highest BCUT2D eigenvalue weighted by Crippen LogP contribution is 2.29. The van der Waals surface area contributed by atoms with Gasteiger partial charge in [0.25, 0.3) is 11.8 Å². The van der Waals surface area contributed by atoms with Crippen LogP contribution in [0.1, 0.15) is 46.0 Å². The van der Waals surface area contributed by atoms with Gasteiger partial charge in [0, 0.05) is 36.6 Å². The average Bonchev–Trinajstić information content (AvgIpc) is 2.98. The van der Waals surface area contributed by atoms with Gasteiger partial charge < -0.3 is 15.5 Å². The summed E-state index contributed by atoms with van der Waals surface area (Å²) in [6, 6.07) is 29.0. The topological polar surface area (TPSA) is 61.4 Å². The van der Waals surface area contributed by atoms with Gasteiger partial charge in [-0.05, 0) is 77.9 Å². The van der Waals surface area contributed by atoms with E-state index in [-0.39, 0.29) is 24.2 Å². The van der Waals surface area contributed by atoms with E-state index in [1.807, 2.05) is 54.6 Å². The molecule has 4 aromatic carbocycles. The molecule has 0 radical (unpaired) electrons. The van der Waals surface area contributed by atoms with E-state index in [1.165, 1.54) is 12.1 Å². The summed E-state index contributed by atoms with van der Waals surface area (Å²) in [5.74, 6) is -0.142. The molecular formula is C33H32FN3O2. The van der Waals surface area contributed by atoms with Gasteiger partial charge in [-0.15, -0.1) is 0 Å². The summed E-state index contributed by atoms with van der Waals surface area (Å²) in [5.41, 5.74) is 5.37. The van der Waals surface area contributed by atoms with Crippen LogP contribution in [0.5, 0.6) is 0 Å². The van der Waals surface area contributed by atoms with Gasteiger partial charge in [0.05, 0.1) is 5.56 Å². The Morgan fingerprint density at radius 1 is 0.821 bits per heavy atom. The van der Waals surface area contributed by atoms with Gasteiger partial charge in [0.15, 0.2) is 0 Å². The monoisotopic (exact) mass is 521 g/mol. The first kappa shape index (κ1) is 26.2. The molecule has 0 aromatic heterocycles. The Labute approximate surface area is 228 Å². The summed E-state index contributed by atoms with van der Waals surface area (Å²) < 4.78 is 13.3. The molecule has 1 aliphatic heterocycles. The highest BCUT2D eigenvalue weighted by molar-refractivity contribution is 6.06. The SMILES string of the molecule is CC1CCN(c2ccc(NC(=O)c3ccc(-c4ccccc4)cc3)cc2C(=O)NCc2ccc(F)cc2)CC1. The van der Waals surface area contributed by atoms with Gasteiger partial charge in [0.1, 0.15) is 5.82 Å². The predicted molar refractivity (Wildman–Crippen MR) is 154 cm³/mol. The Morgan fingerprint density at radius 3 is 2.18 bits per heavy atom. The first-order valence-corrected chi connectivity index (χ1v) is 13.3. The van der Waals surface area contributed by atoms with E-state index >= 15 is 0 Å². The highest BCUT2D eigenvalue weighted by atomic mass is 19.1. The molecule has 5 rings (SSSR count). The molecule has 2 N–H and O–H groups in total. The molecule has 1 heterocycles. The first-order chi connectivity index (χ1) is 19.0. The van der Waals surface area contributed by atoms with Gasteiger partial charge in [-0.2, -0.15) is 0 Å². The maximum atomic E-state index is 13.4. The van der Waals surface area contributed by atoms with Crippen LogP contribution in [-0.2, 0) is 6.54 Å². The highest BCUT2D eigenvalue weighted by Gasteiger charge is 2.22. The Hall–Kier alpha value is -4.45. The number of nitrogens with zero attached hydrogens (tertiary/aromatic N) is 1. The van der Waals surface area contributed by atoms with Gasteiger partial charge in [-0.1, -0.05) is 61.5 Å². The summed E-state index contributed by atoms with van der Waals surface area (Å²) in [6.07, 6.45) is 2.13. The molecule has 0 saturated carbocycles. The third-order valence-electron chi connectivity index (χ3n) is 7.24. The zero-order valence-electron chi connectivity index (χ0n) is 22.0. The van der Waals surface area contributed by atoms with Crippen molar-refractivity contribution in [2.24, 2.45) is 5.92 Å². The Morgan fingerprint density at radius 2 is 1.49 bits per heavy atom. The normalized spacial score (nSPS) is 13.6. The van der Waals surface area contributed by atoms with Crippen LogP contribution in [0, 0.1) is 11.7 Å². The molecule has 0 atom stereocenters. The molecule has 198 valence electrons. The molecule has 0 spiro atoms. The quantitative estimate of drug-likeness (QED) is 0.278. The van der Waals surface area contributed by atoms with E-state index in [0.717, 1.165) is 48.3 Å². The maximum Gasteiger partial charge on any atom is 0.255 e. The lowest BCUT2D eigenvalue weighted by molar-refractivity contribution is 0.0950. The molecule has 5 nitrogen and oxygen atoms in total. The van der Waals surface area contributed by atoms with Crippen LogP contribution < -0.4 is 15.5 Å². The second-order valence-corrected chi connectivity index (χ2v) is 10.1. The third kappa shape index (κ3) is 6.52. The van der Waals surface area contributed by atoms with Gasteiger partial charge >= 0.3 is 0 Å². The molecule has 1 aliphatic rings. The van der Waals surface area contributed by atoms with Crippen LogP contribution in [-0.4, -0.2) is 24.9 Å². The summed E-state index contributed by atoms with van der Waals surface area (Å²) in [5, 5.41) is 5.91. The van der Waals surface area contributed by atoms with Gasteiger partial charge in [-0.3, -0.25) is 9.59 Å². The zero-order valence-corrected chi connectivity index (χ0v) is 22.0. The molecule has 4 aromatic rings. The molecule has 0 unspecified atom stereocenters. The summed E-state index contributed by atoms with van der Waals surface area (Å²) >= 11 is 0. The van der Waals surface area contributed by atoms with Gasteiger partial charge in [0.2, 0.25) is 0 Å². The number of anilines is 2. The molecule has 6 heteroatoms. The zero-order chi connectivity index (χ0) is 27.2. The van der Waals surface area contributed by atoms with Crippen molar-refractivity contribution in [3.05, 3.63) is 120 Å². The number of carbonyl (C=O) groups excluding carboxylic acids is 2. The summed E-state index contributed by atoms with van der Waals surface area (Å²) in [7, 11) is 0. The van der Waals surface area contributed by atoms with E-state index in [9.17, 15) is 14.0 Å². The largest absolute Gasteiger partial charge is 0.371 e. The predicted octanol–water partition coefficient (Wildman–Crippen LogP) is 6.91. The standard InChI is InChI=1S/C33H32FN3O2/c1-23-17-19-37(20-18-23)31-16-15-29(21-30(31)33(39)35-22-24-7-13-28(34)14-8-24)36-32(38)27-11-9-26(10-12-27)25-5-3-2-4-6-25/h2-16,21,23H,17-20,22H2,1H3,(H,35,39)(H,36,38). The van der Waals surface area contributed by atoms with Crippen LogP contribution in [0.25, 0.3) is 11.1 Å². The van der Waals surface area contributed by atoms with Crippen LogP contribution in [0.15, 0.2) is 97.1 Å². The Bertz CT molecular complexity index is 1430. The van der Waals surface area contributed by atoms with E-state index in [2.05, 4.69) is 22.5 Å². The minimum absolute atomic E-state index is 0.240.